The molecule has 1 aromatic heterocycles. The molecule has 0 saturated carbocycles. The molecule has 1 aliphatic rings. The second kappa shape index (κ2) is 8.17. The number of aryl methyl sites for hydroxylation is 2. The molecular weight excluding hydrogens is 405 g/mol. The molecule has 0 radical (unpaired) electrons. The van der Waals surface area contributed by atoms with Gasteiger partial charge in [0.2, 0.25) is 5.91 Å². The molecule has 31 heavy (non-hydrogen) atoms. The Morgan fingerprint density at radius 3 is 2.32 bits per heavy atom. The molecule has 0 spiro atoms. The fourth-order valence-electron chi connectivity index (χ4n) is 4.02. The number of halogens is 3. The molecule has 0 bridgehead atoms. The number of hydrogen-bond donors (Lipinski definition) is 1. The topological polar surface area (TPSA) is 58.1 Å². The Morgan fingerprint density at radius 2 is 1.68 bits per heavy atom. The summed E-state index contributed by atoms with van der Waals surface area (Å²) in [7, 11) is 0. The van der Waals surface area contributed by atoms with Crippen LogP contribution in [0.15, 0.2) is 42.5 Å². The van der Waals surface area contributed by atoms with E-state index in [1.165, 1.54) is 6.07 Å². The van der Waals surface area contributed by atoms with Crippen molar-refractivity contribution in [2.45, 2.75) is 32.9 Å². The van der Waals surface area contributed by atoms with Crippen LogP contribution in [-0.2, 0) is 11.0 Å². The molecule has 4 rings (SSSR count). The van der Waals surface area contributed by atoms with Crippen molar-refractivity contribution in [1.82, 2.24) is 9.97 Å². The third-order valence-corrected chi connectivity index (χ3v) is 5.64. The van der Waals surface area contributed by atoms with Crippen LogP contribution >= 0.6 is 0 Å². The highest BCUT2D eigenvalue weighted by atomic mass is 19.4. The first kappa shape index (κ1) is 21.1. The van der Waals surface area contributed by atoms with Crippen LogP contribution in [0.5, 0.6) is 0 Å². The number of carbonyl (C=O) groups is 1. The Hall–Kier alpha value is -3.16. The van der Waals surface area contributed by atoms with Crippen molar-refractivity contribution in [2.75, 3.05) is 23.3 Å². The number of rotatable bonds is 3. The van der Waals surface area contributed by atoms with E-state index in [4.69, 9.17) is 0 Å². The number of nitrogens with one attached hydrogen (secondary N) is 1. The summed E-state index contributed by atoms with van der Waals surface area (Å²) in [6, 6.07) is 12.2. The summed E-state index contributed by atoms with van der Waals surface area (Å²) < 4.78 is 41.3. The highest BCUT2D eigenvalue weighted by molar-refractivity contribution is 5.94. The maximum atomic E-state index is 13.8. The molecule has 2 aromatic carbocycles. The van der Waals surface area contributed by atoms with Crippen molar-refractivity contribution >= 4 is 28.4 Å². The van der Waals surface area contributed by atoms with Gasteiger partial charge in [0.25, 0.3) is 0 Å². The van der Waals surface area contributed by atoms with E-state index in [0.717, 1.165) is 16.8 Å². The summed E-state index contributed by atoms with van der Waals surface area (Å²) >= 11 is 0. The van der Waals surface area contributed by atoms with Gasteiger partial charge in [0.05, 0.1) is 17.0 Å². The molecule has 1 aliphatic heterocycles. The molecule has 0 aliphatic carbocycles. The largest absolute Gasteiger partial charge is 0.437 e. The van der Waals surface area contributed by atoms with Gasteiger partial charge in [-0.1, -0.05) is 30.3 Å². The number of para-hydroxylation sites is 3. The lowest BCUT2D eigenvalue weighted by molar-refractivity contribution is -0.140. The summed E-state index contributed by atoms with van der Waals surface area (Å²) in [5.41, 5.74) is 2.22. The first-order valence-electron chi connectivity index (χ1n) is 10.2. The van der Waals surface area contributed by atoms with Crippen LogP contribution in [0.4, 0.5) is 24.7 Å². The zero-order chi connectivity index (χ0) is 22.2. The summed E-state index contributed by atoms with van der Waals surface area (Å²) in [6.45, 7) is 4.38. The van der Waals surface area contributed by atoms with Crippen LogP contribution in [0.3, 0.4) is 0 Å². The Balaban J connectivity index is 1.62. The SMILES string of the molecule is Cc1cccc(C)c1NC(=O)C1CCCN(c2nc3ccccc3nc2C(F)(F)F)C1. The molecule has 1 unspecified atom stereocenters. The predicted octanol–water partition coefficient (Wildman–Crippen LogP) is 5.12. The molecule has 162 valence electrons. The number of carbonyl (C=O) groups excluding carboxylic acids is 1. The number of alkyl halides is 3. The number of piperidine rings is 1. The maximum Gasteiger partial charge on any atom is 0.437 e. The number of anilines is 2. The second-order valence-corrected chi connectivity index (χ2v) is 7.92. The quantitative estimate of drug-likeness (QED) is 0.629. The van der Waals surface area contributed by atoms with Gasteiger partial charge < -0.3 is 10.2 Å². The van der Waals surface area contributed by atoms with Crippen LogP contribution in [0.1, 0.15) is 29.7 Å². The van der Waals surface area contributed by atoms with Crippen molar-refractivity contribution in [3.8, 4) is 0 Å². The minimum Gasteiger partial charge on any atom is -0.354 e. The van der Waals surface area contributed by atoms with Crippen molar-refractivity contribution in [1.29, 1.82) is 0 Å². The van der Waals surface area contributed by atoms with E-state index in [9.17, 15) is 18.0 Å². The molecule has 5 nitrogen and oxygen atoms in total. The minimum atomic E-state index is -4.64. The van der Waals surface area contributed by atoms with Crippen LogP contribution in [0.2, 0.25) is 0 Å². The van der Waals surface area contributed by atoms with Crippen molar-refractivity contribution in [2.24, 2.45) is 5.92 Å². The summed E-state index contributed by atoms with van der Waals surface area (Å²) in [5, 5.41) is 2.97. The van der Waals surface area contributed by atoms with E-state index in [1.54, 1.807) is 23.1 Å². The maximum absolute atomic E-state index is 13.8. The minimum absolute atomic E-state index is 0.160. The molecule has 1 fully saturated rings. The molecule has 1 atom stereocenters. The van der Waals surface area contributed by atoms with Crippen LogP contribution in [0.25, 0.3) is 11.0 Å². The molecule has 1 saturated heterocycles. The van der Waals surface area contributed by atoms with Gasteiger partial charge in [0, 0.05) is 18.8 Å². The molecule has 1 N–H and O–H groups in total. The zero-order valence-corrected chi connectivity index (χ0v) is 17.3. The van der Waals surface area contributed by atoms with E-state index in [2.05, 4.69) is 15.3 Å². The number of nitrogens with zero attached hydrogens (tertiary/aromatic N) is 3. The Morgan fingerprint density at radius 1 is 1.03 bits per heavy atom. The first-order chi connectivity index (χ1) is 14.7. The average molecular weight is 428 g/mol. The van der Waals surface area contributed by atoms with Gasteiger partial charge in [0.1, 0.15) is 0 Å². The van der Waals surface area contributed by atoms with Gasteiger partial charge in [0.15, 0.2) is 11.5 Å². The number of benzene rings is 2. The standard InChI is InChI=1S/C23H23F3N4O/c1-14-7-5-8-15(2)19(14)29-22(31)16-9-6-12-30(13-16)21-20(23(24,25)26)27-17-10-3-4-11-18(17)28-21/h3-5,7-8,10-11,16H,6,9,12-13H2,1-2H3,(H,29,31). The third-order valence-electron chi connectivity index (χ3n) is 5.64. The second-order valence-electron chi connectivity index (χ2n) is 7.92. The molecule has 3 aromatic rings. The van der Waals surface area contributed by atoms with E-state index in [-0.39, 0.29) is 23.8 Å². The number of aromatic nitrogens is 2. The number of fused-ring (bicyclic) bond motifs is 1. The van der Waals surface area contributed by atoms with Gasteiger partial charge in [-0.25, -0.2) is 9.97 Å². The van der Waals surface area contributed by atoms with Crippen LogP contribution in [-0.4, -0.2) is 29.0 Å². The van der Waals surface area contributed by atoms with Crippen molar-refractivity contribution < 1.29 is 18.0 Å². The zero-order valence-electron chi connectivity index (χ0n) is 17.3. The average Bonchev–Trinajstić information content (AvgIpc) is 2.75. The highest BCUT2D eigenvalue weighted by Gasteiger charge is 2.40. The van der Waals surface area contributed by atoms with Gasteiger partial charge in [-0.15, -0.1) is 0 Å². The molecular formula is C23H23F3N4O. The first-order valence-corrected chi connectivity index (χ1v) is 10.2. The van der Waals surface area contributed by atoms with E-state index in [1.807, 2.05) is 32.0 Å². The van der Waals surface area contributed by atoms with E-state index in [0.29, 0.717) is 24.9 Å². The third kappa shape index (κ3) is 4.33. The normalized spacial score (nSPS) is 17.1. The lowest BCUT2D eigenvalue weighted by atomic mass is 9.96. The van der Waals surface area contributed by atoms with Gasteiger partial charge in [-0.3, -0.25) is 4.79 Å². The van der Waals surface area contributed by atoms with Crippen molar-refractivity contribution in [3.05, 3.63) is 59.3 Å². The Labute approximate surface area is 178 Å². The Bertz CT molecular complexity index is 1110. The van der Waals surface area contributed by atoms with Gasteiger partial charge in [-0.2, -0.15) is 13.2 Å². The van der Waals surface area contributed by atoms with Crippen molar-refractivity contribution in [3.63, 3.8) is 0 Å². The van der Waals surface area contributed by atoms with Crippen LogP contribution < -0.4 is 10.2 Å². The fraction of sp³-hybridized carbons (Fsp3) is 0.348. The lowest BCUT2D eigenvalue weighted by Crippen LogP contribution is -2.42. The van der Waals surface area contributed by atoms with Crippen LogP contribution in [0, 0.1) is 19.8 Å². The summed E-state index contributed by atoms with van der Waals surface area (Å²) in [5.74, 6) is -0.845. The van der Waals surface area contributed by atoms with Gasteiger partial charge >= 0.3 is 6.18 Å². The van der Waals surface area contributed by atoms with E-state index >= 15 is 0 Å². The Kier molecular flexibility index (Phi) is 5.56. The molecule has 1 amide bonds. The smallest absolute Gasteiger partial charge is 0.354 e. The lowest BCUT2D eigenvalue weighted by Gasteiger charge is -2.34. The van der Waals surface area contributed by atoms with E-state index < -0.39 is 17.8 Å². The molecule has 8 heteroatoms. The number of hydrogen-bond acceptors (Lipinski definition) is 4. The highest BCUT2D eigenvalue weighted by Crippen LogP contribution is 2.37. The predicted molar refractivity (Wildman–Crippen MR) is 114 cm³/mol. The van der Waals surface area contributed by atoms with Gasteiger partial charge in [-0.05, 0) is 49.9 Å². The fourth-order valence-corrected chi connectivity index (χ4v) is 4.02. The number of amides is 1. The summed E-state index contributed by atoms with van der Waals surface area (Å²) in [6.07, 6.45) is -3.44. The summed E-state index contributed by atoms with van der Waals surface area (Å²) in [4.78, 5) is 22.6. The molecule has 2 heterocycles. The monoisotopic (exact) mass is 428 g/mol.